The zero-order valence-corrected chi connectivity index (χ0v) is 13.3. The average Bonchev–Trinajstić information content (AvgIpc) is 3.29. The van der Waals surface area contributed by atoms with E-state index in [0.717, 1.165) is 24.2 Å². The summed E-state index contributed by atoms with van der Waals surface area (Å²) in [6, 6.07) is 5.69. The van der Waals surface area contributed by atoms with E-state index < -0.39 is 0 Å². The van der Waals surface area contributed by atoms with E-state index in [1.54, 1.807) is 12.1 Å². The number of aryl methyl sites for hydroxylation is 1. The molecule has 0 unspecified atom stereocenters. The summed E-state index contributed by atoms with van der Waals surface area (Å²) in [6.07, 6.45) is 2.79. The molecule has 0 saturated heterocycles. The van der Waals surface area contributed by atoms with E-state index in [4.69, 9.17) is 21.1 Å². The van der Waals surface area contributed by atoms with Crippen molar-refractivity contribution in [3.63, 3.8) is 0 Å². The van der Waals surface area contributed by atoms with Gasteiger partial charge in [-0.15, -0.1) is 0 Å². The molecule has 2 rings (SSSR count). The number of ether oxygens (including phenoxy) is 2. The number of esters is 1. The van der Waals surface area contributed by atoms with Gasteiger partial charge in [-0.3, -0.25) is 9.59 Å². The maximum absolute atomic E-state index is 11.5. The van der Waals surface area contributed by atoms with Crippen LogP contribution >= 0.6 is 11.6 Å². The number of rotatable bonds is 8. The second-order valence-electron chi connectivity index (χ2n) is 5.37. The Bertz CT molecular complexity index is 543. The molecular formula is C16H20ClNO4. The molecule has 0 aliphatic heterocycles. The van der Waals surface area contributed by atoms with Crippen molar-refractivity contribution in [2.45, 2.75) is 38.6 Å². The van der Waals surface area contributed by atoms with E-state index in [0.29, 0.717) is 18.1 Å². The van der Waals surface area contributed by atoms with Crippen LogP contribution < -0.4 is 10.1 Å². The molecule has 1 aromatic rings. The molecule has 6 heteroatoms. The van der Waals surface area contributed by atoms with Gasteiger partial charge < -0.3 is 14.8 Å². The van der Waals surface area contributed by atoms with Crippen LogP contribution in [-0.2, 0) is 14.3 Å². The Kier molecular flexibility index (Phi) is 6.07. The fraction of sp³-hybridized carbons (Fsp3) is 0.500. The van der Waals surface area contributed by atoms with Gasteiger partial charge in [-0.05, 0) is 49.9 Å². The monoisotopic (exact) mass is 325 g/mol. The van der Waals surface area contributed by atoms with Crippen LogP contribution in [0, 0.1) is 6.92 Å². The van der Waals surface area contributed by atoms with Crippen molar-refractivity contribution >= 4 is 23.5 Å². The van der Waals surface area contributed by atoms with Gasteiger partial charge in [0.15, 0.2) is 6.61 Å². The van der Waals surface area contributed by atoms with Crippen molar-refractivity contribution in [3.05, 3.63) is 28.8 Å². The minimum Gasteiger partial charge on any atom is -0.494 e. The molecule has 1 N–H and O–H groups in total. The fourth-order valence-corrected chi connectivity index (χ4v) is 1.95. The fourth-order valence-electron chi connectivity index (χ4n) is 1.83. The molecule has 1 saturated carbocycles. The third-order valence-corrected chi connectivity index (χ3v) is 3.65. The molecular weight excluding hydrogens is 306 g/mol. The van der Waals surface area contributed by atoms with Crippen LogP contribution in [0.5, 0.6) is 5.75 Å². The summed E-state index contributed by atoms with van der Waals surface area (Å²) in [5.74, 6) is 0.102. The quantitative estimate of drug-likeness (QED) is 0.589. The van der Waals surface area contributed by atoms with Crippen LogP contribution in [0.15, 0.2) is 18.2 Å². The molecule has 0 aromatic heterocycles. The van der Waals surface area contributed by atoms with Crippen molar-refractivity contribution in [3.8, 4) is 5.75 Å². The summed E-state index contributed by atoms with van der Waals surface area (Å²) in [6.45, 7) is 2.11. The molecule has 0 bridgehead atoms. The Hall–Kier alpha value is -1.75. The van der Waals surface area contributed by atoms with Crippen molar-refractivity contribution in [2.75, 3.05) is 13.2 Å². The molecule has 120 valence electrons. The molecule has 0 heterocycles. The standard InChI is InChI=1S/C16H20ClNO4/c1-11-9-13(6-7-14(11)17)21-8-2-3-16(20)22-10-15(19)18-12-4-5-12/h6-7,9,12H,2-5,8,10H2,1H3,(H,18,19). The number of halogens is 1. The van der Waals surface area contributed by atoms with Gasteiger partial charge in [0.05, 0.1) is 6.61 Å². The van der Waals surface area contributed by atoms with Crippen LogP contribution in [0.2, 0.25) is 5.02 Å². The molecule has 1 amide bonds. The lowest BCUT2D eigenvalue weighted by Crippen LogP contribution is -2.30. The first-order valence-electron chi connectivity index (χ1n) is 7.38. The Morgan fingerprint density at radius 1 is 1.36 bits per heavy atom. The van der Waals surface area contributed by atoms with Crippen molar-refractivity contribution in [1.82, 2.24) is 5.32 Å². The number of amides is 1. The highest BCUT2D eigenvalue weighted by molar-refractivity contribution is 6.31. The van der Waals surface area contributed by atoms with Crippen LogP contribution in [0.1, 0.15) is 31.2 Å². The van der Waals surface area contributed by atoms with Crippen LogP contribution in [0.25, 0.3) is 0 Å². The highest BCUT2D eigenvalue weighted by Gasteiger charge is 2.23. The Labute approximate surface area is 134 Å². The van der Waals surface area contributed by atoms with Gasteiger partial charge in [0.1, 0.15) is 5.75 Å². The minimum atomic E-state index is -0.387. The predicted octanol–water partition coefficient (Wildman–Crippen LogP) is 2.63. The first kappa shape index (κ1) is 16.6. The zero-order valence-electron chi connectivity index (χ0n) is 12.6. The van der Waals surface area contributed by atoms with E-state index in [-0.39, 0.29) is 30.9 Å². The lowest BCUT2D eigenvalue weighted by molar-refractivity contribution is -0.148. The van der Waals surface area contributed by atoms with E-state index >= 15 is 0 Å². The number of carbonyl (C=O) groups is 2. The Morgan fingerprint density at radius 2 is 2.14 bits per heavy atom. The van der Waals surface area contributed by atoms with Crippen LogP contribution in [-0.4, -0.2) is 31.1 Å². The number of hydrogen-bond acceptors (Lipinski definition) is 4. The Balaban J connectivity index is 1.56. The summed E-state index contributed by atoms with van der Waals surface area (Å²) < 4.78 is 10.4. The van der Waals surface area contributed by atoms with Gasteiger partial charge in [-0.1, -0.05) is 11.6 Å². The molecule has 0 atom stereocenters. The summed E-state index contributed by atoms with van der Waals surface area (Å²) in [4.78, 5) is 22.8. The van der Waals surface area contributed by atoms with Gasteiger partial charge >= 0.3 is 5.97 Å². The van der Waals surface area contributed by atoms with E-state index in [2.05, 4.69) is 5.32 Å². The summed E-state index contributed by atoms with van der Waals surface area (Å²) >= 11 is 5.93. The smallest absolute Gasteiger partial charge is 0.306 e. The average molecular weight is 326 g/mol. The maximum atomic E-state index is 11.5. The number of carbonyl (C=O) groups excluding carboxylic acids is 2. The SMILES string of the molecule is Cc1cc(OCCCC(=O)OCC(=O)NC2CC2)ccc1Cl. The van der Waals surface area contributed by atoms with Gasteiger partial charge in [0, 0.05) is 17.5 Å². The second-order valence-corrected chi connectivity index (χ2v) is 5.77. The summed E-state index contributed by atoms with van der Waals surface area (Å²) in [7, 11) is 0. The minimum absolute atomic E-state index is 0.202. The van der Waals surface area contributed by atoms with Crippen molar-refractivity contribution in [1.29, 1.82) is 0 Å². The van der Waals surface area contributed by atoms with Crippen LogP contribution in [0.3, 0.4) is 0 Å². The first-order valence-corrected chi connectivity index (χ1v) is 7.76. The van der Waals surface area contributed by atoms with E-state index in [1.165, 1.54) is 0 Å². The molecule has 1 aliphatic rings. The number of benzene rings is 1. The third kappa shape index (κ3) is 5.93. The zero-order chi connectivity index (χ0) is 15.9. The third-order valence-electron chi connectivity index (χ3n) is 3.23. The highest BCUT2D eigenvalue weighted by atomic mass is 35.5. The van der Waals surface area contributed by atoms with Crippen molar-refractivity contribution in [2.24, 2.45) is 0 Å². The van der Waals surface area contributed by atoms with E-state index in [9.17, 15) is 9.59 Å². The molecule has 1 aromatic carbocycles. The maximum Gasteiger partial charge on any atom is 0.306 e. The molecule has 1 aliphatic carbocycles. The van der Waals surface area contributed by atoms with Gasteiger partial charge in [0.25, 0.3) is 5.91 Å². The normalized spacial score (nSPS) is 13.5. The van der Waals surface area contributed by atoms with Crippen LogP contribution in [0.4, 0.5) is 0 Å². The lowest BCUT2D eigenvalue weighted by Gasteiger charge is -2.08. The summed E-state index contributed by atoms with van der Waals surface area (Å²) in [5.41, 5.74) is 0.945. The lowest BCUT2D eigenvalue weighted by atomic mass is 10.2. The Morgan fingerprint density at radius 3 is 2.82 bits per heavy atom. The second kappa shape index (κ2) is 8.03. The molecule has 1 fully saturated rings. The molecule has 0 spiro atoms. The van der Waals surface area contributed by atoms with Crippen molar-refractivity contribution < 1.29 is 19.1 Å². The van der Waals surface area contributed by atoms with Gasteiger partial charge in [0.2, 0.25) is 0 Å². The largest absolute Gasteiger partial charge is 0.494 e. The topological polar surface area (TPSA) is 64.6 Å². The number of nitrogens with one attached hydrogen (secondary N) is 1. The molecule has 22 heavy (non-hydrogen) atoms. The molecule has 5 nitrogen and oxygen atoms in total. The molecule has 0 radical (unpaired) electrons. The van der Waals surface area contributed by atoms with E-state index in [1.807, 2.05) is 13.0 Å². The van der Waals surface area contributed by atoms with Gasteiger partial charge in [-0.25, -0.2) is 0 Å². The number of hydrogen-bond donors (Lipinski definition) is 1. The first-order chi connectivity index (χ1) is 10.5. The highest BCUT2D eigenvalue weighted by Crippen LogP contribution is 2.21. The predicted molar refractivity (Wildman–Crippen MR) is 83.0 cm³/mol. The van der Waals surface area contributed by atoms with Gasteiger partial charge in [-0.2, -0.15) is 0 Å². The summed E-state index contributed by atoms with van der Waals surface area (Å²) in [5, 5.41) is 3.45.